The highest BCUT2D eigenvalue weighted by Crippen LogP contribution is 2.31. The van der Waals surface area contributed by atoms with Crippen molar-refractivity contribution in [2.45, 2.75) is 24.5 Å². The van der Waals surface area contributed by atoms with Gasteiger partial charge in [0.25, 0.3) is 5.65 Å². The van der Waals surface area contributed by atoms with Crippen LogP contribution >= 0.6 is 0 Å². The first-order chi connectivity index (χ1) is 9.93. The van der Waals surface area contributed by atoms with Crippen molar-refractivity contribution in [3.05, 3.63) is 6.33 Å². The van der Waals surface area contributed by atoms with Crippen molar-refractivity contribution < 1.29 is 29.7 Å². The molecular formula is C11H15N5O5. The second kappa shape index (κ2) is 4.77. The second-order valence-electron chi connectivity index (χ2n) is 4.92. The monoisotopic (exact) mass is 297 g/mol. The number of nitrogens with zero attached hydrogens (tertiary/aromatic N) is 4. The minimum Gasteiger partial charge on any atom is -0.855 e. The molecule has 5 N–H and O–H groups in total. The Morgan fingerprint density at radius 1 is 1.43 bits per heavy atom. The minimum atomic E-state index is -1.27. The molecule has 2 aromatic heterocycles. The van der Waals surface area contributed by atoms with Gasteiger partial charge in [-0.25, -0.2) is 9.55 Å². The van der Waals surface area contributed by atoms with E-state index < -0.39 is 37.0 Å². The van der Waals surface area contributed by atoms with Crippen LogP contribution in [0.1, 0.15) is 6.23 Å². The van der Waals surface area contributed by atoms with Crippen LogP contribution in [0.25, 0.3) is 11.2 Å². The highest BCUT2D eigenvalue weighted by atomic mass is 16.6. The van der Waals surface area contributed by atoms with Gasteiger partial charge in [0.1, 0.15) is 18.3 Å². The molecule has 0 aliphatic carbocycles. The van der Waals surface area contributed by atoms with Gasteiger partial charge in [0.15, 0.2) is 0 Å². The number of aryl methyl sites for hydroxylation is 1. The van der Waals surface area contributed by atoms with Crippen LogP contribution in [0.3, 0.4) is 0 Å². The lowest BCUT2D eigenvalue weighted by atomic mass is 10.1. The van der Waals surface area contributed by atoms with Crippen LogP contribution in [0, 0.1) is 0 Å². The average Bonchev–Trinajstić information content (AvgIpc) is 2.89. The lowest BCUT2D eigenvalue weighted by molar-refractivity contribution is -0.648. The molecule has 2 aromatic rings. The fourth-order valence-electron chi connectivity index (χ4n) is 2.52. The topological polar surface area (TPSA) is 154 Å². The number of nitrogen functional groups attached to an aromatic ring is 1. The van der Waals surface area contributed by atoms with Gasteiger partial charge in [-0.1, -0.05) is 0 Å². The molecule has 0 bridgehead atoms. The average molecular weight is 297 g/mol. The zero-order chi connectivity index (χ0) is 15.3. The molecule has 0 spiro atoms. The third-order valence-corrected chi connectivity index (χ3v) is 3.54. The van der Waals surface area contributed by atoms with Gasteiger partial charge < -0.3 is 30.9 Å². The van der Waals surface area contributed by atoms with Crippen LogP contribution in [0.5, 0.6) is 5.88 Å². The van der Waals surface area contributed by atoms with Gasteiger partial charge in [-0.05, 0) is 0 Å². The zero-order valence-corrected chi connectivity index (χ0v) is 11.1. The number of aromatic nitrogens is 4. The predicted molar refractivity (Wildman–Crippen MR) is 65.6 cm³/mol. The first kappa shape index (κ1) is 13.9. The summed E-state index contributed by atoms with van der Waals surface area (Å²) in [6, 6.07) is 0. The third-order valence-electron chi connectivity index (χ3n) is 3.54. The highest BCUT2D eigenvalue weighted by Gasteiger charge is 2.47. The van der Waals surface area contributed by atoms with E-state index in [1.54, 1.807) is 7.05 Å². The molecule has 0 aromatic carbocycles. The maximum Gasteiger partial charge on any atom is 0.275 e. The Bertz CT molecular complexity index is 689. The molecule has 114 valence electrons. The predicted octanol–water partition coefficient (Wildman–Crippen LogP) is -3.48. The Labute approximate surface area is 118 Å². The molecule has 3 rings (SSSR count). The van der Waals surface area contributed by atoms with Crippen molar-refractivity contribution in [1.82, 2.24) is 14.5 Å². The lowest BCUT2D eigenvalue weighted by Crippen LogP contribution is -2.33. The number of hydrogen-bond donors (Lipinski definition) is 4. The molecule has 10 nitrogen and oxygen atoms in total. The van der Waals surface area contributed by atoms with Crippen molar-refractivity contribution in [3.8, 4) is 5.88 Å². The number of fused-ring (bicyclic) bond motifs is 1. The molecule has 0 saturated carbocycles. The van der Waals surface area contributed by atoms with E-state index in [2.05, 4.69) is 9.97 Å². The van der Waals surface area contributed by atoms with Crippen LogP contribution in [-0.2, 0) is 11.8 Å². The number of hydrogen-bond acceptors (Lipinski definition) is 8. The maximum absolute atomic E-state index is 11.9. The van der Waals surface area contributed by atoms with Gasteiger partial charge in [-0.2, -0.15) is 9.55 Å². The standard InChI is InChI=1S/C11H15N5O5/c1-15-3-16(8-5(15)9(20)14-11(12)13-8)10-7(19)6(18)4(2-17)21-10/h3-4,6-7,10,17-19H,2H2,1H3,(H2-,12,13,14,20)/t4-,6?,7+,10-/m1/s1. The molecule has 1 fully saturated rings. The summed E-state index contributed by atoms with van der Waals surface area (Å²) in [5.41, 5.74) is 5.86. The van der Waals surface area contributed by atoms with Crippen molar-refractivity contribution in [2.75, 3.05) is 12.3 Å². The van der Waals surface area contributed by atoms with Crippen LogP contribution in [-0.4, -0.2) is 54.8 Å². The number of aliphatic hydroxyl groups is 3. The van der Waals surface area contributed by atoms with E-state index >= 15 is 0 Å². The van der Waals surface area contributed by atoms with Crippen molar-refractivity contribution in [1.29, 1.82) is 0 Å². The molecule has 4 atom stereocenters. The van der Waals surface area contributed by atoms with E-state index in [1.807, 2.05) is 0 Å². The highest BCUT2D eigenvalue weighted by molar-refractivity contribution is 5.73. The van der Waals surface area contributed by atoms with Gasteiger partial charge >= 0.3 is 0 Å². The number of aliphatic hydroxyl groups excluding tert-OH is 3. The molecule has 1 unspecified atom stereocenters. The van der Waals surface area contributed by atoms with Crippen LogP contribution in [0.4, 0.5) is 5.95 Å². The summed E-state index contributed by atoms with van der Waals surface area (Å²) in [7, 11) is 1.61. The normalized spacial score (nSPS) is 29.3. The Hall–Kier alpha value is -2.01. The number of ether oxygens (including phenoxy) is 1. The summed E-state index contributed by atoms with van der Waals surface area (Å²) >= 11 is 0. The Morgan fingerprint density at radius 3 is 2.76 bits per heavy atom. The lowest BCUT2D eigenvalue weighted by Gasteiger charge is -2.11. The van der Waals surface area contributed by atoms with E-state index in [0.717, 1.165) is 0 Å². The summed E-state index contributed by atoms with van der Waals surface area (Å²) in [6.07, 6.45) is -2.94. The third kappa shape index (κ3) is 2.00. The first-order valence-corrected chi connectivity index (χ1v) is 6.27. The summed E-state index contributed by atoms with van der Waals surface area (Å²) in [6.45, 7) is -0.440. The summed E-state index contributed by atoms with van der Waals surface area (Å²) < 4.78 is 8.28. The fraction of sp³-hybridized carbons (Fsp3) is 0.545. The second-order valence-corrected chi connectivity index (χ2v) is 4.92. The van der Waals surface area contributed by atoms with E-state index in [1.165, 1.54) is 15.5 Å². The molecule has 1 aliphatic heterocycles. The molecule has 1 aliphatic rings. The largest absolute Gasteiger partial charge is 0.855 e. The van der Waals surface area contributed by atoms with Gasteiger partial charge in [0, 0.05) is 5.88 Å². The Balaban J connectivity index is 2.13. The Morgan fingerprint density at radius 2 is 2.14 bits per heavy atom. The van der Waals surface area contributed by atoms with Gasteiger partial charge in [0.05, 0.1) is 13.7 Å². The number of nitrogens with two attached hydrogens (primary N) is 1. The van der Waals surface area contributed by atoms with Gasteiger partial charge in [-0.3, -0.25) is 0 Å². The Kier molecular flexibility index (Phi) is 3.17. The van der Waals surface area contributed by atoms with Crippen LogP contribution in [0.15, 0.2) is 6.33 Å². The molecular weight excluding hydrogens is 282 g/mol. The van der Waals surface area contributed by atoms with Crippen molar-refractivity contribution >= 4 is 17.1 Å². The molecule has 0 amide bonds. The molecule has 3 heterocycles. The fourth-order valence-corrected chi connectivity index (χ4v) is 2.52. The summed E-state index contributed by atoms with van der Waals surface area (Å²) in [5, 5.41) is 40.8. The molecule has 21 heavy (non-hydrogen) atoms. The minimum absolute atomic E-state index is 0.185. The number of rotatable bonds is 2. The van der Waals surface area contributed by atoms with Crippen LogP contribution < -0.4 is 15.4 Å². The smallest absolute Gasteiger partial charge is 0.275 e. The maximum atomic E-state index is 11.9. The first-order valence-electron chi connectivity index (χ1n) is 6.27. The molecule has 1 saturated heterocycles. The van der Waals surface area contributed by atoms with Crippen molar-refractivity contribution in [2.24, 2.45) is 7.05 Å². The number of imidazole rings is 1. The van der Waals surface area contributed by atoms with Gasteiger partial charge in [-0.15, -0.1) is 0 Å². The zero-order valence-electron chi connectivity index (χ0n) is 11.1. The molecule has 0 radical (unpaired) electrons. The van der Waals surface area contributed by atoms with Gasteiger partial charge in [0.2, 0.25) is 24.0 Å². The molecule has 10 heteroatoms. The summed E-state index contributed by atoms with van der Waals surface area (Å²) in [4.78, 5) is 7.54. The van der Waals surface area contributed by atoms with E-state index in [9.17, 15) is 15.3 Å². The summed E-state index contributed by atoms with van der Waals surface area (Å²) in [5.74, 6) is -0.746. The van der Waals surface area contributed by atoms with E-state index in [4.69, 9.17) is 15.6 Å². The van der Waals surface area contributed by atoms with E-state index in [0.29, 0.717) is 0 Å². The quantitative estimate of drug-likeness (QED) is 0.417. The SMILES string of the molecule is C[n+]1cn([C@@H]2O[C@H](CO)C(O)[C@@H]2O)c2nc(N)nc([O-])c21. The van der Waals surface area contributed by atoms with E-state index in [-0.39, 0.29) is 17.1 Å². The van der Waals surface area contributed by atoms with Crippen LogP contribution in [0.2, 0.25) is 0 Å². The number of anilines is 1. The van der Waals surface area contributed by atoms with Crippen molar-refractivity contribution in [3.63, 3.8) is 0 Å².